The monoisotopic (exact) mass is 614 g/mol. The number of anilines is 1. The number of likely N-dealkylation sites (N-methyl/N-ethyl adjacent to an activating group) is 1. The third-order valence-electron chi connectivity index (χ3n) is 7.94. The van der Waals surface area contributed by atoms with Gasteiger partial charge in [-0.1, -0.05) is 58.6 Å². The van der Waals surface area contributed by atoms with Gasteiger partial charge in [0, 0.05) is 38.5 Å². The summed E-state index contributed by atoms with van der Waals surface area (Å²) in [6.07, 6.45) is 10.7. The third kappa shape index (κ3) is 12.2. The van der Waals surface area contributed by atoms with Crippen LogP contribution in [0.5, 0.6) is 0 Å². The van der Waals surface area contributed by atoms with E-state index in [9.17, 15) is 19.2 Å². The summed E-state index contributed by atoms with van der Waals surface area (Å²) in [6.45, 7) is 7.32. The number of nitrogens with zero attached hydrogens (tertiary/aromatic N) is 4. The zero-order valence-electron chi connectivity index (χ0n) is 27.1. The Kier molecular flexibility index (Phi) is 15.8. The molecule has 6 N–H and O–H groups in total. The van der Waals surface area contributed by atoms with E-state index in [1.165, 1.54) is 11.3 Å². The van der Waals surface area contributed by atoms with E-state index >= 15 is 0 Å². The Hall–Kier alpha value is -3.51. The number of nitrogens with two attached hydrogens (primary N) is 2. The van der Waals surface area contributed by atoms with Crippen LogP contribution >= 0.6 is 0 Å². The fourth-order valence-corrected chi connectivity index (χ4v) is 5.56. The van der Waals surface area contributed by atoms with Crippen molar-refractivity contribution in [3.63, 3.8) is 0 Å². The number of carbonyl (C=O) groups is 4. The Morgan fingerprint density at radius 3 is 2.50 bits per heavy atom. The van der Waals surface area contributed by atoms with E-state index in [1.54, 1.807) is 7.05 Å². The summed E-state index contributed by atoms with van der Waals surface area (Å²) in [5, 5.41) is 10.6. The number of rotatable bonds is 19. The Morgan fingerprint density at radius 1 is 1.14 bits per heavy atom. The molecule has 12 heteroatoms. The molecule has 0 radical (unpaired) electrons. The summed E-state index contributed by atoms with van der Waals surface area (Å²) >= 11 is 0. The van der Waals surface area contributed by atoms with E-state index in [0.717, 1.165) is 63.2 Å². The third-order valence-corrected chi connectivity index (χ3v) is 7.94. The fraction of sp³-hybridized carbons (Fsp3) is 0.656. The zero-order chi connectivity index (χ0) is 32.5. The van der Waals surface area contributed by atoms with Gasteiger partial charge in [0.25, 0.3) is 0 Å². The van der Waals surface area contributed by atoms with E-state index in [2.05, 4.69) is 15.7 Å². The van der Waals surface area contributed by atoms with Gasteiger partial charge in [-0.15, -0.1) is 0 Å². The molecular formula is C32H54N8O4. The fourth-order valence-electron chi connectivity index (χ4n) is 5.56. The maximum atomic E-state index is 13.9. The van der Waals surface area contributed by atoms with Crippen LogP contribution in [0.25, 0.3) is 0 Å². The number of benzene rings is 1. The number of carbonyl (C=O) groups excluding carboxylic acids is 4. The average Bonchev–Trinajstić information content (AvgIpc) is 3.44. The lowest BCUT2D eigenvalue weighted by molar-refractivity contribution is -0.142. The van der Waals surface area contributed by atoms with Crippen molar-refractivity contribution in [2.24, 2.45) is 22.2 Å². The molecule has 1 aromatic carbocycles. The zero-order valence-corrected chi connectivity index (χ0v) is 27.1. The first-order valence-electron chi connectivity index (χ1n) is 15.8. The van der Waals surface area contributed by atoms with Crippen molar-refractivity contribution in [1.82, 2.24) is 20.4 Å². The summed E-state index contributed by atoms with van der Waals surface area (Å²) in [6, 6.07) is 6.70. The second-order valence-electron chi connectivity index (χ2n) is 12.7. The van der Waals surface area contributed by atoms with E-state index in [-0.39, 0.29) is 30.3 Å². The maximum Gasteiger partial charge on any atom is 0.246 e. The first kappa shape index (κ1) is 36.7. The number of hydrazone groups is 1. The van der Waals surface area contributed by atoms with Crippen LogP contribution in [0.3, 0.4) is 0 Å². The highest BCUT2D eigenvalue weighted by molar-refractivity contribution is 5.89. The van der Waals surface area contributed by atoms with Gasteiger partial charge in [0.05, 0.1) is 12.2 Å². The predicted octanol–water partition coefficient (Wildman–Crippen LogP) is 2.66. The number of nitrogens with one attached hydrogen (secondary N) is 2. The van der Waals surface area contributed by atoms with Gasteiger partial charge in [-0.25, -0.2) is 5.84 Å². The standard InChI is InChI=1S/C32H54N8O4/c1-32(2,3)30(37-28(42)21-35-4)31(44)39-18-13-16-27(39)23-38(29(43)17-10-8-6-5-7-9-11-19-41)22-25-14-12-15-26(20-25)40(34)24-36-33/h12,14-15,19-20,24,27,30,35H,5-11,13,16-18,21-23,33-34H2,1-4H3,(H,37,42)/b36-24-. The van der Waals surface area contributed by atoms with Crippen LogP contribution in [0.15, 0.2) is 29.4 Å². The van der Waals surface area contributed by atoms with Gasteiger partial charge in [0.1, 0.15) is 18.7 Å². The lowest BCUT2D eigenvalue weighted by atomic mass is 9.85. The Balaban J connectivity index is 2.20. The quantitative estimate of drug-likeness (QED) is 0.0461. The Morgan fingerprint density at radius 2 is 1.84 bits per heavy atom. The molecule has 0 aromatic heterocycles. The molecule has 2 unspecified atom stereocenters. The molecule has 0 saturated carbocycles. The lowest BCUT2D eigenvalue weighted by Crippen LogP contribution is -2.57. The first-order chi connectivity index (χ1) is 21.0. The van der Waals surface area contributed by atoms with Gasteiger partial charge < -0.3 is 31.1 Å². The smallest absolute Gasteiger partial charge is 0.246 e. The van der Waals surface area contributed by atoms with E-state index in [4.69, 9.17) is 11.7 Å². The Labute approximate surface area is 262 Å². The number of hydrazine groups is 1. The number of unbranched alkanes of at least 4 members (excludes halogenated alkanes) is 6. The number of likely N-dealkylation sites (tertiary alicyclic amines) is 1. The van der Waals surface area contributed by atoms with Crippen LogP contribution in [-0.2, 0) is 25.7 Å². The van der Waals surface area contributed by atoms with Gasteiger partial charge in [-0.2, -0.15) is 5.10 Å². The first-order valence-corrected chi connectivity index (χ1v) is 15.8. The molecular weight excluding hydrogens is 560 g/mol. The normalized spacial score (nSPS) is 15.8. The molecule has 2 rings (SSSR count). The summed E-state index contributed by atoms with van der Waals surface area (Å²) in [4.78, 5) is 54.2. The summed E-state index contributed by atoms with van der Waals surface area (Å²) in [5.41, 5.74) is 1.09. The number of aldehydes is 1. The van der Waals surface area contributed by atoms with Crippen LogP contribution in [0.2, 0.25) is 0 Å². The average molecular weight is 615 g/mol. The van der Waals surface area contributed by atoms with Crippen molar-refractivity contribution in [1.29, 1.82) is 0 Å². The molecule has 2 atom stereocenters. The molecule has 1 aliphatic heterocycles. The van der Waals surface area contributed by atoms with Gasteiger partial charge in [-0.05, 0) is 55.8 Å². The van der Waals surface area contributed by atoms with Crippen molar-refractivity contribution in [2.75, 3.05) is 31.7 Å². The number of hydrogen-bond donors (Lipinski definition) is 4. The summed E-state index contributed by atoms with van der Waals surface area (Å²) < 4.78 is 0. The molecule has 0 aliphatic carbocycles. The molecule has 246 valence electrons. The molecule has 3 amide bonds. The molecule has 1 heterocycles. The summed E-state index contributed by atoms with van der Waals surface area (Å²) in [7, 11) is 1.69. The highest BCUT2D eigenvalue weighted by atomic mass is 16.2. The minimum atomic E-state index is -0.684. The lowest BCUT2D eigenvalue weighted by Gasteiger charge is -2.37. The second kappa shape index (κ2) is 19.0. The van der Waals surface area contributed by atoms with Crippen LogP contribution < -0.4 is 27.3 Å². The largest absolute Gasteiger partial charge is 0.343 e. The van der Waals surface area contributed by atoms with Crippen LogP contribution in [0.4, 0.5) is 5.69 Å². The minimum absolute atomic E-state index is 0.0403. The van der Waals surface area contributed by atoms with E-state index in [1.807, 2.05) is 54.8 Å². The minimum Gasteiger partial charge on any atom is -0.343 e. The highest BCUT2D eigenvalue weighted by Crippen LogP contribution is 2.27. The van der Waals surface area contributed by atoms with Crippen molar-refractivity contribution in [3.05, 3.63) is 29.8 Å². The van der Waals surface area contributed by atoms with Gasteiger partial charge >= 0.3 is 0 Å². The Bertz CT molecular complexity index is 1090. The second-order valence-corrected chi connectivity index (χ2v) is 12.7. The van der Waals surface area contributed by atoms with Crippen molar-refractivity contribution in [2.45, 2.75) is 104 Å². The van der Waals surface area contributed by atoms with Crippen molar-refractivity contribution < 1.29 is 19.2 Å². The molecule has 44 heavy (non-hydrogen) atoms. The number of amides is 3. The van der Waals surface area contributed by atoms with Crippen LogP contribution in [0, 0.1) is 5.41 Å². The molecule has 1 aliphatic rings. The highest BCUT2D eigenvalue weighted by Gasteiger charge is 2.40. The topological polar surface area (TPSA) is 166 Å². The van der Waals surface area contributed by atoms with Gasteiger partial charge in [-0.3, -0.25) is 19.4 Å². The van der Waals surface area contributed by atoms with Crippen molar-refractivity contribution >= 4 is 36.0 Å². The van der Waals surface area contributed by atoms with Crippen LogP contribution in [0.1, 0.15) is 90.5 Å². The predicted molar refractivity (Wildman–Crippen MR) is 174 cm³/mol. The summed E-state index contributed by atoms with van der Waals surface area (Å²) in [5.74, 6) is 11.0. The van der Waals surface area contributed by atoms with E-state index in [0.29, 0.717) is 38.2 Å². The molecule has 1 saturated heterocycles. The molecule has 0 bridgehead atoms. The van der Waals surface area contributed by atoms with Gasteiger partial charge in [0.15, 0.2) is 0 Å². The van der Waals surface area contributed by atoms with Crippen molar-refractivity contribution in [3.8, 4) is 0 Å². The maximum absolute atomic E-state index is 13.9. The number of hydrogen-bond acceptors (Lipinski definition) is 8. The van der Waals surface area contributed by atoms with Gasteiger partial charge in [0.2, 0.25) is 17.7 Å². The molecule has 12 nitrogen and oxygen atoms in total. The molecule has 1 fully saturated rings. The molecule has 1 aromatic rings. The molecule has 0 spiro atoms. The SMILES string of the molecule is CNCC(=O)NC(C(=O)N1CCCC1CN(Cc1cccc(N(N)/C=N\N)c1)C(=O)CCCCCCCCC=O)C(C)(C)C. The van der Waals surface area contributed by atoms with E-state index < -0.39 is 11.5 Å². The van der Waals surface area contributed by atoms with Crippen LogP contribution in [-0.4, -0.2) is 78.9 Å².